The predicted molar refractivity (Wildman–Crippen MR) is 96.7 cm³/mol. The molecule has 27 heavy (non-hydrogen) atoms. The number of piperidine rings is 1. The molecule has 0 unspecified atom stereocenters. The number of ether oxygens (including phenoxy) is 1. The highest BCUT2D eigenvalue weighted by Gasteiger charge is 2.22. The van der Waals surface area contributed by atoms with Gasteiger partial charge in [-0.2, -0.15) is 0 Å². The summed E-state index contributed by atoms with van der Waals surface area (Å²) in [5.41, 5.74) is 1.48. The summed E-state index contributed by atoms with van der Waals surface area (Å²) in [5.74, 6) is 0.273. The van der Waals surface area contributed by atoms with Crippen LogP contribution in [-0.2, 0) is 10.0 Å². The number of benzene rings is 1. The van der Waals surface area contributed by atoms with Gasteiger partial charge in [-0.15, -0.1) is 0 Å². The number of hydrogen-bond acceptors (Lipinski definition) is 6. The van der Waals surface area contributed by atoms with E-state index >= 15 is 0 Å². The molecule has 1 amide bonds. The van der Waals surface area contributed by atoms with Gasteiger partial charge in [0.25, 0.3) is 0 Å². The van der Waals surface area contributed by atoms with Crippen LogP contribution in [0.15, 0.2) is 41.6 Å². The Labute approximate surface area is 156 Å². The number of sulfonamides is 1. The number of nitrogens with two attached hydrogens (primary N) is 1. The number of rotatable bonds is 5. The molecule has 1 aliphatic heterocycles. The smallest absolute Gasteiger partial charge is 0.407 e. The third kappa shape index (κ3) is 4.92. The lowest BCUT2D eigenvalue weighted by Gasteiger charge is -2.29. The number of nitrogens with zero attached hydrogens (tertiary/aromatic N) is 3. The Morgan fingerprint density at radius 3 is 2.26 bits per heavy atom. The second-order valence-corrected chi connectivity index (χ2v) is 7.91. The molecule has 0 saturated carbocycles. The Hall–Kier alpha value is -2.72. The fourth-order valence-electron chi connectivity index (χ4n) is 2.86. The summed E-state index contributed by atoms with van der Waals surface area (Å²) in [6.07, 6.45) is 3.81. The van der Waals surface area contributed by atoms with E-state index in [1.165, 1.54) is 17.0 Å². The zero-order valence-corrected chi connectivity index (χ0v) is 15.3. The van der Waals surface area contributed by atoms with Gasteiger partial charge in [0.1, 0.15) is 0 Å². The Morgan fingerprint density at radius 1 is 1.15 bits per heavy atom. The van der Waals surface area contributed by atoms with Gasteiger partial charge in [-0.25, -0.2) is 28.3 Å². The lowest BCUT2D eigenvalue weighted by atomic mass is 9.98. The number of carbonyl (C=O) groups is 1. The van der Waals surface area contributed by atoms with Crippen LogP contribution in [0.25, 0.3) is 11.1 Å². The van der Waals surface area contributed by atoms with Gasteiger partial charge in [-0.05, 0) is 36.5 Å². The molecule has 1 aliphatic rings. The van der Waals surface area contributed by atoms with Crippen LogP contribution in [0.4, 0.5) is 4.79 Å². The van der Waals surface area contributed by atoms with Crippen molar-refractivity contribution in [2.45, 2.75) is 17.7 Å². The summed E-state index contributed by atoms with van der Waals surface area (Å²) in [5, 5.41) is 14.0. The van der Waals surface area contributed by atoms with Crippen molar-refractivity contribution < 1.29 is 23.1 Å². The van der Waals surface area contributed by atoms with Gasteiger partial charge in [0, 0.05) is 31.0 Å². The molecule has 3 rings (SSSR count). The standard InChI is InChI=1S/C17H20N4O5S/c18-27(24,25)15-3-1-13(2-4-15)14-9-19-16(20-10-14)26-11-12-5-7-21(8-6-12)17(22)23/h1-4,9-10,12H,5-8,11H2,(H,22,23)(H2,18,24,25). The molecule has 9 nitrogen and oxygen atoms in total. The van der Waals surface area contributed by atoms with Gasteiger partial charge in [0.15, 0.2) is 0 Å². The summed E-state index contributed by atoms with van der Waals surface area (Å²) in [7, 11) is -3.72. The normalized spacial score (nSPS) is 15.5. The minimum Gasteiger partial charge on any atom is -0.465 e. The van der Waals surface area contributed by atoms with Crippen LogP contribution < -0.4 is 9.88 Å². The monoisotopic (exact) mass is 392 g/mol. The Balaban J connectivity index is 1.55. The first-order valence-electron chi connectivity index (χ1n) is 8.39. The summed E-state index contributed by atoms with van der Waals surface area (Å²) >= 11 is 0. The highest BCUT2D eigenvalue weighted by Crippen LogP contribution is 2.21. The molecule has 0 radical (unpaired) electrons. The zero-order valence-electron chi connectivity index (χ0n) is 14.5. The largest absolute Gasteiger partial charge is 0.465 e. The van der Waals surface area contributed by atoms with E-state index in [4.69, 9.17) is 15.0 Å². The summed E-state index contributed by atoms with van der Waals surface area (Å²) in [4.78, 5) is 20.7. The van der Waals surface area contributed by atoms with Crippen LogP contribution in [0.3, 0.4) is 0 Å². The zero-order chi connectivity index (χ0) is 19.4. The van der Waals surface area contributed by atoms with Crippen molar-refractivity contribution >= 4 is 16.1 Å². The summed E-state index contributed by atoms with van der Waals surface area (Å²) < 4.78 is 28.2. The van der Waals surface area contributed by atoms with Crippen molar-refractivity contribution in [1.82, 2.24) is 14.9 Å². The minimum absolute atomic E-state index is 0.0427. The molecule has 1 aromatic carbocycles. The van der Waals surface area contributed by atoms with Crippen molar-refractivity contribution in [3.8, 4) is 17.1 Å². The van der Waals surface area contributed by atoms with Crippen LogP contribution in [0.1, 0.15) is 12.8 Å². The third-order valence-corrected chi connectivity index (χ3v) is 5.41. The first-order valence-corrected chi connectivity index (χ1v) is 9.93. The molecule has 1 fully saturated rings. The molecule has 0 spiro atoms. The van der Waals surface area contributed by atoms with Crippen molar-refractivity contribution in [2.75, 3.05) is 19.7 Å². The van der Waals surface area contributed by atoms with Crippen molar-refractivity contribution in [3.05, 3.63) is 36.7 Å². The second kappa shape index (κ2) is 7.89. The first kappa shape index (κ1) is 19.1. The molecule has 3 N–H and O–H groups in total. The van der Waals surface area contributed by atoms with Crippen LogP contribution in [0.2, 0.25) is 0 Å². The van der Waals surface area contributed by atoms with E-state index in [9.17, 15) is 13.2 Å². The molecule has 2 heterocycles. The number of aromatic nitrogens is 2. The number of amides is 1. The minimum atomic E-state index is -3.72. The maximum absolute atomic E-state index is 11.3. The second-order valence-electron chi connectivity index (χ2n) is 6.35. The predicted octanol–water partition coefficient (Wildman–Crippen LogP) is 1.56. The van der Waals surface area contributed by atoms with Gasteiger partial charge in [0.05, 0.1) is 11.5 Å². The number of likely N-dealkylation sites (tertiary alicyclic amines) is 1. The fourth-order valence-corrected chi connectivity index (χ4v) is 3.38. The third-order valence-electron chi connectivity index (χ3n) is 4.48. The lowest BCUT2D eigenvalue weighted by Crippen LogP contribution is -2.38. The number of hydrogen-bond donors (Lipinski definition) is 2. The quantitative estimate of drug-likeness (QED) is 0.788. The van der Waals surface area contributed by atoms with Crippen molar-refractivity contribution in [3.63, 3.8) is 0 Å². The molecule has 2 aromatic rings. The van der Waals surface area contributed by atoms with Crippen LogP contribution in [0.5, 0.6) is 6.01 Å². The topological polar surface area (TPSA) is 136 Å². The van der Waals surface area contributed by atoms with Crippen LogP contribution in [0, 0.1) is 5.92 Å². The molecule has 0 bridgehead atoms. The Morgan fingerprint density at radius 2 is 1.74 bits per heavy atom. The Kier molecular flexibility index (Phi) is 5.57. The average molecular weight is 392 g/mol. The van der Waals surface area contributed by atoms with Gasteiger partial charge < -0.3 is 14.7 Å². The molecular weight excluding hydrogens is 372 g/mol. The van der Waals surface area contributed by atoms with Gasteiger partial charge in [0.2, 0.25) is 10.0 Å². The molecule has 144 valence electrons. The molecule has 1 aromatic heterocycles. The van der Waals surface area contributed by atoms with Crippen molar-refractivity contribution in [2.24, 2.45) is 11.1 Å². The van der Waals surface area contributed by atoms with E-state index in [0.29, 0.717) is 19.7 Å². The number of primary sulfonamides is 1. The van der Waals surface area contributed by atoms with Gasteiger partial charge in [-0.1, -0.05) is 12.1 Å². The van der Waals surface area contributed by atoms with Crippen LogP contribution >= 0.6 is 0 Å². The van der Waals surface area contributed by atoms with E-state index < -0.39 is 16.1 Å². The van der Waals surface area contributed by atoms with Crippen LogP contribution in [-0.4, -0.2) is 54.2 Å². The fraction of sp³-hybridized carbons (Fsp3) is 0.353. The molecule has 0 aliphatic carbocycles. The summed E-state index contributed by atoms with van der Waals surface area (Å²) in [6.45, 7) is 1.46. The van der Waals surface area contributed by atoms with E-state index in [1.807, 2.05) is 0 Å². The average Bonchev–Trinajstić information content (AvgIpc) is 2.66. The van der Waals surface area contributed by atoms with E-state index in [-0.39, 0.29) is 16.8 Å². The van der Waals surface area contributed by atoms with E-state index in [2.05, 4.69) is 9.97 Å². The number of carboxylic acid groups (broad SMARTS) is 1. The molecule has 0 atom stereocenters. The van der Waals surface area contributed by atoms with E-state index in [1.54, 1.807) is 24.5 Å². The SMILES string of the molecule is NS(=O)(=O)c1ccc(-c2cnc(OCC3CCN(C(=O)O)CC3)nc2)cc1. The highest BCUT2D eigenvalue weighted by molar-refractivity contribution is 7.89. The summed E-state index contributed by atoms with van der Waals surface area (Å²) in [6, 6.07) is 6.38. The molecule has 10 heteroatoms. The Bertz CT molecular complexity index is 892. The lowest BCUT2D eigenvalue weighted by molar-refractivity contribution is 0.110. The van der Waals surface area contributed by atoms with E-state index in [0.717, 1.165) is 24.0 Å². The van der Waals surface area contributed by atoms with Gasteiger partial charge in [-0.3, -0.25) is 0 Å². The highest BCUT2D eigenvalue weighted by atomic mass is 32.2. The first-order chi connectivity index (χ1) is 12.8. The maximum atomic E-state index is 11.3. The van der Waals surface area contributed by atoms with Gasteiger partial charge >= 0.3 is 12.1 Å². The molecular formula is C17H20N4O5S. The van der Waals surface area contributed by atoms with Crippen molar-refractivity contribution in [1.29, 1.82) is 0 Å². The molecule has 1 saturated heterocycles. The maximum Gasteiger partial charge on any atom is 0.407 e.